The van der Waals surface area contributed by atoms with Gasteiger partial charge in [-0.15, -0.1) is 0 Å². The summed E-state index contributed by atoms with van der Waals surface area (Å²) < 4.78 is 11.9. The molecule has 0 radical (unpaired) electrons. The molecule has 0 aliphatic carbocycles. The maximum atomic E-state index is 12.9. The fraction of sp³-hybridized carbons (Fsp3) is 0.261. The van der Waals surface area contributed by atoms with Gasteiger partial charge in [0.2, 0.25) is 0 Å². The number of hydrogen-bond acceptors (Lipinski definition) is 6. The minimum atomic E-state index is -0.731. The van der Waals surface area contributed by atoms with Gasteiger partial charge in [0.1, 0.15) is 18.0 Å². The highest BCUT2D eigenvalue weighted by Gasteiger charge is 2.49. The molecule has 2 amide bonds. The van der Waals surface area contributed by atoms with Crippen molar-refractivity contribution in [3.05, 3.63) is 66.4 Å². The second kappa shape index (κ2) is 7.12. The van der Waals surface area contributed by atoms with E-state index < -0.39 is 24.7 Å². The van der Waals surface area contributed by atoms with Gasteiger partial charge in [-0.25, -0.2) is 14.8 Å². The molecule has 6 rings (SSSR count). The molecule has 4 atom stereocenters. The number of carbonyl (C=O) groups excluding carboxylic acids is 1. The fourth-order valence-corrected chi connectivity index (χ4v) is 4.37. The lowest BCUT2D eigenvalue weighted by Crippen LogP contribution is -2.49. The second-order valence-electron chi connectivity index (χ2n) is 7.84. The Morgan fingerprint density at radius 2 is 1.61 bits per heavy atom. The number of nitrogens with zero attached hydrogens (tertiary/aromatic N) is 3. The van der Waals surface area contributed by atoms with E-state index in [0.717, 1.165) is 11.1 Å². The molecular formula is C23H20N4O4. The fourth-order valence-electron chi connectivity index (χ4n) is 4.37. The van der Waals surface area contributed by atoms with Crippen molar-refractivity contribution in [2.75, 3.05) is 11.9 Å². The Balaban J connectivity index is 1.52. The Morgan fingerprint density at radius 1 is 0.968 bits per heavy atom. The normalized spacial score (nSPS) is 26.6. The van der Waals surface area contributed by atoms with Crippen LogP contribution in [0.3, 0.4) is 0 Å². The van der Waals surface area contributed by atoms with Crippen LogP contribution >= 0.6 is 0 Å². The Hall–Kier alpha value is -3.33. The third-order valence-corrected chi connectivity index (χ3v) is 5.90. The van der Waals surface area contributed by atoms with Gasteiger partial charge in [-0.1, -0.05) is 60.7 Å². The summed E-state index contributed by atoms with van der Waals surface area (Å²) in [5.74, 6) is 0.378. The molecule has 4 heterocycles. The van der Waals surface area contributed by atoms with Crippen molar-refractivity contribution in [3.63, 3.8) is 0 Å². The van der Waals surface area contributed by atoms with Crippen LogP contribution in [0.2, 0.25) is 0 Å². The number of aliphatic hydroxyl groups is 1. The minimum Gasteiger partial charge on any atom is -0.390 e. The average Bonchev–Trinajstić information content (AvgIpc) is 3.05. The maximum Gasteiger partial charge on any atom is 0.327 e. The van der Waals surface area contributed by atoms with Gasteiger partial charge in [0, 0.05) is 17.5 Å². The number of hydrogen-bond donors (Lipinski definition) is 2. The molecule has 2 N–H and O–H groups in total. The first kappa shape index (κ1) is 18.4. The molecule has 156 valence electrons. The number of fused-ring (bicyclic) bond motifs is 6. The Bertz CT molecular complexity index is 1140. The standard InChI is InChI=1S/C23H20N4O4/c28-15-11-17-27-22(30-12-16(15)31-17)20-21(26-23(27)29)25-19(14-9-5-2-6-10-14)18(24-20)13-7-3-1-4-8-13/h1-10,15-17,22,28H,11-12H2,(H,25,26,29)/t15-,16+,17+,22-/m0/s1. The summed E-state index contributed by atoms with van der Waals surface area (Å²) in [5.41, 5.74) is 3.74. The SMILES string of the molecule is O=C1Nc2nc(-c3ccccc3)c(-c3ccccc3)nc2[C@@H]2OC[C@H]3O[C@H](C[C@@H]3O)N12. The maximum absolute atomic E-state index is 12.9. The number of carbonyl (C=O) groups is 1. The van der Waals surface area contributed by atoms with Crippen LogP contribution in [0, 0.1) is 0 Å². The van der Waals surface area contributed by atoms with Crippen LogP contribution in [0.25, 0.3) is 22.5 Å². The van der Waals surface area contributed by atoms with Gasteiger partial charge in [0.25, 0.3) is 0 Å². The summed E-state index contributed by atoms with van der Waals surface area (Å²) in [4.78, 5) is 24.2. The summed E-state index contributed by atoms with van der Waals surface area (Å²) in [6, 6.07) is 19.2. The molecule has 3 aliphatic rings. The molecule has 2 fully saturated rings. The van der Waals surface area contributed by atoms with E-state index >= 15 is 0 Å². The lowest BCUT2D eigenvalue weighted by Gasteiger charge is -2.37. The van der Waals surface area contributed by atoms with Gasteiger partial charge in [0.15, 0.2) is 12.0 Å². The van der Waals surface area contributed by atoms with Crippen LogP contribution < -0.4 is 5.32 Å². The molecule has 0 spiro atoms. The molecule has 2 bridgehead atoms. The van der Waals surface area contributed by atoms with E-state index in [0.29, 0.717) is 29.3 Å². The van der Waals surface area contributed by atoms with Crippen molar-refractivity contribution in [3.8, 4) is 22.5 Å². The highest BCUT2D eigenvalue weighted by atomic mass is 16.6. The largest absolute Gasteiger partial charge is 0.390 e. The number of nitrogens with one attached hydrogen (secondary N) is 1. The number of aliphatic hydroxyl groups excluding tert-OH is 1. The third-order valence-electron chi connectivity index (χ3n) is 5.90. The van der Waals surface area contributed by atoms with Gasteiger partial charge in [-0.2, -0.15) is 0 Å². The summed E-state index contributed by atoms with van der Waals surface area (Å²) in [5, 5.41) is 13.0. The van der Waals surface area contributed by atoms with Crippen molar-refractivity contribution in [2.24, 2.45) is 0 Å². The Labute approximate surface area is 178 Å². The lowest BCUT2D eigenvalue weighted by atomic mass is 10.0. The number of anilines is 1. The molecule has 8 nitrogen and oxygen atoms in total. The summed E-state index contributed by atoms with van der Waals surface area (Å²) >= 11 is 0. The zero-order chi connectivity index (χ0) is 20.9. The molecule has 0 saturated carbocycles. The third kappa shape index (κ3) is 2.99. The predicted octanol–water partition coefficient (Wildman–Crippen LogP) is 3.16. The quantitative estimate of drug-likeness (QED) is 0.666. The topological polar surface area (TPSA) is 96.8 Å². The first-order chi connectivity index (χ1) is 15.2. The highest BCUT2D eigenvalue weighted by Crippen LogP contribution is 2.42. The van der Waals surface area contributed by atoms with Crippen molar-refractivity contribution >= 4 is 11.8 Å². The smallest absolute Gasteiger partial charge is 0.327 e. The van der Waals surface area contributed by atoms with Gasteiger partial charge in [0.05, 0.1) is 24.1 Å². The van der Waals surface area contributed by atoms with E-state index in [-0.39, 0.29) is 12.6 Å². The van der Waals surface area contributed by atoms with E-state index in [1.807, 2.05) is 60.7 Å². The van der Waals surface area contributed by atoms with Crippen molar-refractivity contribution in [1.29, 1.82) is 0 Å². The van der Waals surface area contributed by atoms with E-state index in [9.17, 15) is 9.90 Å². The van der Waals surface area contributed by atoms with Crippen molar-refractivity contribution < 1.29 is 19.4 Å². The molecule has 2 aromatic carbocycles. The van der Waals surface area contributed by atoms with Crippen LogP contribution in [0.4, 0.5) is 10.6 Å². The zero-order valence-electron chi connectivity index (χ0n) is 16.5. The average molecular weight is 416 g/mol. The second-order valence-corrected chi connectivity index (χ2v) is 7.84. The van der Waals surface area contributed by atoms with Crippen molar-refractivity contribution in [1.82, 2.24) is 14.9 Å². The summed E-state index contributed by atoms with van der Waals surface area (Å²) in [6.45, 7) is 0.175. The van der Waals surface area contributed by atoms with Gasteiger partial charge >= 0.3 is 6.03 Å². The predicted molar refractivity (Wildman–Crippen MR) is 112 cm³/mol. The first-order valence-corrected chi connectivity index (χ1v) is 10.3. The molecule has 3 aliphatic heterocycles. The summed E-state index contributed by atoms with van der Waals surface area (Å²) in [6.07, 6.45) is -2.08. The molecular weight excluding hydrogens is 396 g/mol. The van der Waals surface area contributed by atoms with Crippen LogP contribution in [0.15, 0.2) is 60.7 Å². The van der Waals surface area contributed by atoms with E-state index in [1.54, 1.807) is 0 Å². The molecule has 1 aromatic heterocycles. The Kier molecular flexibility index (Phi) is 4.24. The molecule has 0 unspecified atom stereocenters. The van der Waals surface area contributed by atoms with Gasteiger partial charge in [-0.3, -0.25) is 10.2 Å². The van der Waals surface area contributed by atoms with Crippen LogP contribution in [0.5, 0.6) is 0 Å². The number of benzene rings is 2. The number of urea groups is 1. The Morgan fingerprint density at radius 3 is 2.29 bits per heavy atom. The van der Waals surface area contributed by atoms with E-state index in [4.69, 9.17) is 19.4 Å². The monoisotopic (exact) mass is 416 g/mol. The first-order valence-electron chi connectivity index (χ1n) is 10.3. The number of aromatic nitrogens is 2. The molecule has 8 heteroatoms. The lowest BCUT2D eigenvalue weighted by molar-refractivity contribution is -0.0703. The van der Waals surface area contributed by atoms with Crippen LogP contribution in [0.1, 0.15) is 18.3 Å². The molecule has 2 saturated heterocycles. The van der Waals surface area contributed by atoms with E-state index in [2.05, 4.69) is 5.32 Å². The zero-order valence-corrected chi connectivity index (χ0v) is 16.5. The number of amides is 2. The van der Waals surface area contributed by atoms with Crippen molar-refractivity contribution in [2.45, 2.75) is 31.1 Å². The molecule has 3 aromatic rings. The van der Waals surface area contributed by atoms with Gasteiger partial charge in [-0.05, 0) is 0 Å². The molecule has 31 heavy (non-hydrogen) atoms. The van der Waals surface area contributed by atoms with Crippen LogP contribution in [-0.2, 0) is 9.47 Å². The number of rotatable bonds is 2. The number of ether oxygens (including phenoxy) is 2. The van der Waals surface area contributed by atoms with Crippen LogP contribution in [-0.4, -0.2) is 51.0 Å². The summed E-state index contributed by atoms with van der Waals surface area (Å²) in [7, 11) is 0. The highest BCUT2D eigenvalue weighted by molar-refractivity contribution is 5.93. The van der Waals surface area contributed by atoms with E-state index in [1.165, 1.54) is 4.90 Å². The van der Waals surface area contributed by atoms with Gasteiger partial charge < -0.3 is 14.6 Å². The minimum absolute atomic E-state index is 0.175.